The SMILES string of the molecule is COc1ncccc1Cn1c(=O)nc(C)n(Cc2ccc(Cl)cc2)c1=O. The first-order chi connectivity index (χ1) is 12.5. The van der Waals surface area contributed by atoms with Crippen LogP contribution in [0.25, 0.3) is 0 Å². The number of nitrogens with zero attached hydrogens (tertiary/aromatic N) is 4. The van der Waals surface area contributed by atoms with Gasteiger partial charge in [0.1, 0.15) is 5.82 Å². The summed E-state index contributed by atoms with van der Waals surface area (Å²) in [5.41, 5.74) is 0.456. The fourth-order valence-corrected chi connectivity index (χ4v) is 2.74. The van der Waals surface area contributed by atoms with Gasteiger partial charge >= 0.3 is 11.4 Å². The molecule has 7 nitrogen and oxygen atoms in total. The van der Waals surface area contributed by atoms with E-state index in [-0.39, 0.29) is 6.54 Å². The second kappa shape index (κ2) is 7.53. The highest BCUT2D eigenvalue weighted by Crippen LogP contribution is 2.14. The maximum absolute atomic E-state index is 12.9. The molecule has 0 fully saturated rings. The molecule has 0 amide bonds. The molecule has 8 heteroatoms. The minimum Gasteiger partial charge on any atom is -0.481 e. The van der Waals surface area contributed by atoms with Crippen LogP contribution >= 0.6 is 11.6 Å². The van der Waals surface area contributed by atoms with Crippen LogP contribution in [0.15, 0.2) is 52.2 Å². The molecule has 2 aromatic heterocycles. The summed E-state index contributed by atoms with van der Waals surface area (Å²) in [5.74, 6) is 0.716. The van der Waals surface area contributed by atoms with Gasteiger partial charge in [-0.05, 0) is 30.7 Å². The summed E-state index contributed by atoms with van der Waals surface area (Å²) in [4.78, 5) is 33.2. The van der Waals surface area contributed by atoms with Gasteiger partial charge in [-0.2, -0.15) is 4.98 Å². The van der Waals surface area contributed by atoms with Crippen molar-refractivity contribution in [2.45, 2.75) is 20.0 Å². The molecule has 3 aromatic rings. The fraction of sp³-hybridized carbons (Fsp3) is 0.222. The zero-order chi connectivity index (χ0) is 18.7. The second-order valence-corrected chi connectivity index (χ2v) is 6.13. The molecule has 0 saturated heterocycles. The number of benzene rings is 1. The number of hydrogen-bond donors (Lipinski definition) is 0. The Morgan fingerprint density at radius 1 is 1.08 bits per heavy atom. The zero-order valence-corrected chi connectivity index (χ0v) is 15.1. The van der Waals surface area contributed by atoms with E-state index >= 15 is 0 Å². The van der Waals surface area contributed by atoms with Crippen LogP contribution in [0.5, 0.6) is 5.88 Å². The second-order valence-electron chi connectivity index (χ2n) is 5.69. The molecule has 0 unspecified atom stereocenters. The van der Waals surface area contributed by atoms with Gasteiger partial charge in [-0.25, -0.2) is 19.1 Å². The van der Waals surface area contributed by atoms with E-state index < -0.39 is 11.4 Å². The van der Waals surface area contributed by atoms with Crippen LogP contribution in [-0.4, -0.2) is 26.2 Å². The van der Waals surface area contributed by atoms with Gasteiger partial charge in [0.25, 0.3) is 0 Å². The number of pyridine rings is 1. The average molecular weight is 373 g/mol. The van der Waals surface area contributed by atoms with E-state index in [1.165, 1.54) is 11.7 Å². The first-order valence-electron chi connectivity index (χ1n) is 7.90. The van der Waals surface area contributed by atoms with Crippen molar-refractivity contribution < 1.29 is 4.74 Å². The highest BCUT2D eigenvalue weighted by Gasteiger charge is 2.13. The Hall–Kier alpha value is -2.93. The molecular formula is C18H17ClN4O3. The minimum absolute atomic E-state index is 0.0303. The van der Waals surface area contributed by atoms with E-state index in [0.717, 1.165) is 10.1 Å². The first-order valence-corrected chi connectivity index (χ1v) is 8.28. The third kappa shape index (κ3) is 3.67. The van der Waals surface area contributed by atoms with Crippen LogP contribution in [0.4, 0.5) is 0 Å². The quantitative estimate of drug-likeness (QED) is 0.683. The van der Waals surface area contributed by atoms with E-state index in [9.17, 15) is 9.59 Å². The largest absolute Gasteiger partial charge is 0.481 e. The number of hydrogen-bond acceptors (Lipinski definition) is 5. The van der Waals surface area contributed by atoms with E-state index in [0.29, 0.717) is 28.8 Å². The molecule has 2 heterocycles. The summed E-state index contributed by atoms with van der Waals surface area (Å²) in [5, 5.41) is 0.615. The normalized spacial score (nSPS) is 10.7. The molecular weight excluding hydrogens is 356 g/mol. The number of methoxy groups -OCH3 is 1. The first kappa shape index (κ1) is 17.9. The summed E-state index contributed by atoms with van der Waals surface area (Å²) in [6.45, 7) is 1.95. The van der Waals surface area contributed by atoms with Crippen LogP contribution < -0.4 is 16.1 Å². The number of aromatic nitrogens is 4. The molecule has 0 N–H and O–H groups in total. The van der Waals surface area contributed by atoms with Crippen molar-refractivity contribution in [3.63, 3.8) is 0 Å². The van der Waals surface area contributed by atoms with Crippen LogP contribution in [-0.2, 0) is 13.1 Å². The van der Waals surface area contributed by atoms with Gasteiger partial charge in [-0.15, -0.1) is 0 Å². The van der Waals surface area contributed by atoms with Crippen molar-refractivity contribution in [1.29, 1.82) is 0 Å². The molecule has 0 aliphatic heterocycles. The van der Waals surface area contributed by atoms with Crippen LogP contribution in [0.1, 0.15) is 17.0 Å². The van der Waals surface area contributed by atoms with E-state index in [1.807, 2.05) is 12.1 Å². The monoisotopic (exact) mass is 372 g/mol. The standard InChI is InChI=1S/C18H17ClN4O3/c1-12-21-17(24)23(11-14-4-3-9-20-16(14)26-2)18(25)22(12)10-13-5-7-15(19)8-6-13/h3-9H,10-11H2,1-2H3. The van der Waals surface area contributed by atoms with Crippen LogP contribution in [0.2, 0.25) is 5.02 Å². The lowest BCUT2D eigenvalue weighted by Gasteiger charge is -2.13. The Morgan fingerprint density at radius 2 is 1.81 bits per heavy atom. The molecule has 0 radical (unpaired) electrons. The lowest BCUT2D eigenvalue weighted by atomic mass is 10.2. The van der Waals surface area contributed by atoms with E-state index in [4.69, 9.17) is 16.3 Å². The highest BCUT2D eigenvalue weighted by atomic mass is 35.5. The van der Waals surface area contributed by atoms with Crippen molar-refractivity contribution in [3.05, 3.63) is 85.5 Å². The Bertz CT molecular complexity index is 1040. The smallest absolute Gasteiger partial charge is 0.353 e. The Balaban J connectivity index is 2.03. The lowest BCUT2D eigenvalue weighted by Crippen LogP contribution is -2.43. The predicted molar refractivity (Wildman–Crippen MR) is 97.9 cm³/mol. The predicted octanol–water partition coefficient (Wildman–Crippen LogP) is 1.87. The summed E-state index contributed by atoms with van der Waals surface area (Å²) in [6.07, 6.45) is 1.58. The van der Waals surface area contributed by atoms with Gasteiger partial charge in [0.05, 0.1) is 20.2 Å². The third-order valence-electron chi connectivity index (χ3n) is 3.97. The Labute approximate surface area is 154 Å². The molecule has 1 aromatic carbocycles. The molecule has 0 aliphatic rings. The molecule has 134 valence electrons. The zero-order valence-electron chi connectivity index (χ0n) is 14.3. The maximum Gasteiger partial charge on any atom is 0.353 e. The van der Waals surface area contributed by atoms with Crippen molar-refractivity contribution in [2.75, 3.05) is 7.11 Å². The van der Waals surface area contributed by atoms with Gasteiger partial charge in [-0.3, -0.25) is 4.57 Å². The molecule has 0 atom stereocenters. The molecule has 3 rings (SSSR count). The van der Waals surface area contributed by atoms with E-state index in [1.54, 1.807) is 37.4 Å². The van der Waals surface area contributed by atoms with Gasteiger partial charge in [0.2, 0.25) is 5.88 Å². The van der Waals surface area contributed by atoms with Crippen molar-refractivity contribution >= 4 is 11.6 Å². The van der Waals surface area contributed by atoms with E-state index in [2.05, 4.69) is 9.97 Å². The molecule has 0 saturated carbocycles. The van der Waals surface area contributed by atoms with Crippen molar-refractivity contribution in [1.82, 2.24) is 19.1 Å². The average Bonchev–Trinajstić information content (AvgIpc) is 2.64. The summed E-state index contributed by atoms with van der Waals surface area (Å²) in [6, 6.07) is 10.6. The highest BCUT2D eigenvalue weighted by molar-refractivity contribution is 6.30. The maximum atomic E-state index is 12.9. The van der Waals surface area contributed by atoms with Gasteiger partial charge in [0, 0.05) is 16.8 Å². The summed E-state index contributed by atoms with van der Waals surface area (Å²) in [7, 11) is 1.49. The number of rotatable bonds is 5. The summed E-state index contributed by atoms with van der Waals surface area (Å²) < 4.78 is 7.71. The fourth-order valence-electron chi connectivity index (χ4n) is 2.61. The number of halogens is 1. The van der Waals surface area contributed by atoms with Crippen LogP contribution in [0.3, 0.4) is 0 Å². The Kier molecular flexibility index (Phi) is 5.18. The van der Waals surface area contributed by atoms with Crippen molar-refractivity contribution in [2.24, 2.45) is 0 Å². The van der Waals surface area contributed by atoms with Crippen molar-refractivity contribution in [3.8, 4) is 5.88 Å². The van der Waals surface area contributed by atoms with Gasteiger partial charge in [-0.1, -0.05) is 29.8 Å². The summed E-state index contributed by atoms with van der Waals surface area (Å²) >= 11 is 5.90. The molecule has 26 heavy (non-hydrogen) atoms. The number of ether oxygens (including phenoxy) is 1. The molecule has 0 bridgehead atoms. The minimum atomic E-state index is -0.606. The molecule has 0 aliphatic carbocycles. The Morgan fingerprint density at radius 3 is 2.50 bits per heavy atom. The lowest BCUT2D eigenvalue weighted by molar-refractivity contribution is 0.389. The topological polar surface area (TPSA) is 79.0 Å². The van der Waals surface area contributed by atoms with Crippen LogP contribution in [0, 0.1) is 6.92 Å². The van der Waals surface area contributed by atoms with Gasteiger partial charge < -0.3 is 4.74 Å². The number of aryl methyl sites for hydroxylation is 1. The third-order valence-corrected chi connectivity index (χ3v) is 4.22. The molecule has 0 spiro atoms. The van der Waals surface area contributed by atoms with Gasteiger partial charge in [0.15, 0.2) is 0 Å².